The van der Waals surface area contributed by atoms with Gasteiger partial charge in [0.05, 0.1) is 0 Å². The van der Waals surface area contributed by atoms with Gasteiger partial charge < -0.3 is 14.6 Å². The molecule has 1 fully saturated rings. The molecule has 0 radical (unpaired) electrons. The molecule has 0 unspecified atom stereocenters. The van der Waals surface area contributed by atoms with Crippen LogP contribution in [0.15, 0.2) is 18.5 Å². The Morgan fingerprint density at radius 3 is 2.88 bits per heavy atom. The van der Waals surface area contributed by atoms with Crippen molar-refractivity contribution < 1.29 is 5.11 Å². The summed E-state index contributed by atoms with van der Waals surface area (Å²) >= 11 is 0. The normalized spacial score (nSPS) is 18.0. The average molecular weight is 354 g/mol. The second-order valence-electron chi connectivity index (χ2n) is 7.15. The first-order chi connectivity index (χ1) is 12.6. The minimum Gasteiger partial charge on any atom is -0.396 e. The highest BCUT2D eigenvalue weighted by Crippen LogP contribution is 2.30. The Hall–Kier alpha value is -2.41. The number of nitrogens with zero attached hydrogens (tertiary/aromatic N) is 6. The number of anilines is 1. The summed E-state index contributed by atoms with van der Waals surface area (Å²) in [5.41, 5.74) is 3.95. The van der Waals surface area contributed by atoms with Gasteiger partial charge in [-0.15, -0.1) is 0 Å². The van der Waals surface area contributed by atoms with Crippen molar-refractivity contribution in [1.82, 2.24) is 24.1 Å². The van der Waals surface area contributed by atoms with Gasteiger partial charge in [-0.25, -0.2) is 9.97 Å². The lowest BCUT2D eigenvalue weighted by Gasteiger charge is -2.35. The van der Waals surface area contributed by atoms with Crippen LogP contribution in [0.1, 0.15) is 31.0 Å². The summed E-state index contributed by atoms with van der Waals surface area (Å²) < 4.78 is 3.94. The predicted octanol–water partition coefficient (Wildman–Crippen LogP) is 2.21. The number of aryl methyl sites for hydroxylation is 2. The summed E-state index contributed by atoms with van der Waals surface area (Å²) in [6.45, 7) is 6.32. The Balaban J connectivity index is 1.88. The van der Waals surface area contributed by atoms with E-state index in [0.717, 1.165) is 61.0 Å². The van der Waals surface area contributed by atoms with E-state index in [1.807, 2.05) is 28.4 Å². The molecule has 0 saturated carbocycles. The minimum atomic E-state index is 0.239. The summed E-state index contributed by atoms with van der Waals surface area (Å²) in [4.78, 5) is 11.6. The second-order valence-corrected chi connectivity index (χ2v) is 7.15. The smallest absolute Gasteiger partial charge is 0.160 e. The molecule has 4 rings (SSSR count). The number of hydrogen-bond acceptors (Lipinski definition) is 5. The monoisotopic (exact) mass is 354 g/mol. The molecule has 1 saturated heterocycles. The second kappa shape index (κ2) is 6.72. The molecule has 26 heavy (non-hydrogen) atoms. The van der Waals surface area contributed by atoms with Gasteiger partial charge in [-0.3, -0.25) is 0 Å². The highest BCUT2D eigenvalue weighted by atomic mass is 16.3. The largest absolute Gasteiger partial charge is 0.396 e. The maximum absolute atomic E-state index is 9.64. The summed E-state index contributed by atoms with van der Waals surface area (Å²) in [6, 6.07) is 2.01. The zero-order valence-electron chi connectivity index (χ0n) is 15.7. The van der Waals surface area contributed by atoms with Gasteiger partial charge >= 0.3 is 0 Å². The van der Waals surface area contributed by atoms with Crippen LogP contribution in [0.4, 0.5) is 5.82 Å². The Kier molecular flexibility index (Phi) is 4.40. The van der Waals surface area contributed by atoms with Gasteiger partial charge in [-0.1, -0.05) is 6.92 Å². The number of piperidine rings is 1. The molecule has 0 bridgehead atoms. The Morgan fingerprint density at radius 1 is 1.35 bits per heavy atom. The lowest BCUT2D eigenvalue weighted by atomic mass is 9.98. The van der Waals surface area contributed by atoms with Crippen molar-refractivity contribution in [3.05, 3.63) is 29.7 Å². The third-order valence-corrected chi connectivity index (χ3v) is 5.36. The Labute approximate surface area is 153 Å². The molecule has 1 atom stereocenters. The van der Waals surface area contributed by atoms with Crippen molar-refractivity contribution in [2.45, 2.75) is 33.1 Å². The van der Waals surface area contributed by atoms with Crippen molar-refractivity contribution in [2.24, 2.45) is 13.0 Å². The van der Waals surface area contributed by atoms with E-state index < -0.39 is 0 Å². The summed E-state index contributed by atoms with van der Waals surface area (Å²) in [6.07, 6.45) is 6.78. The molecular weight excluding hydrogens is 328 g/mol. The quantitative estimate of drug-likeness (QED) is 0.778. The van der Waals surface area contributed by atoms with Crippen LogP contribution in [-0.4, -0.2) is 49.0 Å². The van der Waals surface area contributed by atoms with Crippen LogP contribution in [0.2, 0.25) is 0 Å². The van der Waals surface area contributed by atoms with E-state index in [0.29, 0.717) is 5.92 Å². The van der Waals surface area contributed by atoms with E-state index >= 15 is 0 Å². The first-order valence-electron chi connectivity index (χ1n) is 9.35. The maximum Gasteiger partial charge on any atom is 0.160 e. The number of aromatic nitrogens is 5. The third-order valence-electron chi connectivity index (χ3n) is 5.36. The first-order valence-corrected chi connectivity index (χ1v) is 9.35. The van der Waals surface area contributed by atoms with Crippen LogP contribution in [0.5, 0.6) is 0 Å². The molecule has 1 N–H and O–H groups in total. The number of imidazole rings is 1. The topological polar surface area (TPSA) is 71.5 Å². The fourth-order valence-electron chi connectivity index (χ4n) is 4.00. The van der Waals surface area contributed by atoms with E-state index in [2.05, 4.69) is 23.7 Å². The molecule has 0 spiro atoms. The maximum atomic E-state index is 9.64. The van der Waals surface area contributed by atoms with Crippen molar-refractivity contribution in [2.75, 3.05) is 24.6 Å². The van der Waals surface area contributed by atoms with Gasteiger partial charge in [-0.05, 0) is 32.1 Å². The third kappa shape index (κ3) is 2.76. The summed E-state index contributed by atoms with van der Waals surface area (Å²) in [5.74, 6) is 2.28. The van der Waals surface area contributed by atoms with Crippen LogP contribution in [-0.2, 0) is 13.5 Å². The molecule has 3 aromatic heterocycles. The zero-order valence-corrected chi connectivity index (χ0v) is 15.7. The molecule has 0 aliphatic carbocycles. The minimum absolute atomic E-state index is 0.239. The first kappa shape index (κ1) is 17.0. The molecule has 1 aliphatic heterocycles. The number of hydrogen-bond donors (Lipinski definition) is 1. The fourth-order valence-corrected chi connectivity index (χ4v) is 4.00. The van der Waals surface area contributed by atoms with Crippen molar-refractivity contribution >= 4 is 11.5 Å². The molecule has 7 heteroatoms. The van der Waals surface area contributed by atoms with E-state index in [-0.39, 0.29) is 6.61 Å². The van der Waals surface area contributed by atoms with Crippen LogP contribution in [0.25, 0.3) is 17.2 Å². The molecule has 1 aliphatic rings. The lowest BCUT2D eigenvalue weighted by Crippen LogP contribution is -2.38. The summed E-state index contributed by atoms with van der Waals surface area (Å²) in [5, 5.41) is 14.5. The van der Waals surface area contributed by atoms with Crippen molar-refractivity contribution in [1.29, 1.82) is 0 Å². The molecule has 0 aromatic carbocycles. The van der Waals surface area contributed by atoms with Crippen LogP contribution >= 0.6 is 0 Å². The van der Waals surface area contributed by atoms with E-state index in [1.54, 1.807) is 6.20 Å². The number of aliphatic hydroxyl groups excluding tert-OH is 1. The van der Waals surface area contributed by atoms with Crippen LogP contribution in [0, 0.1) is 12.8 Å². The van der Waals surface area contributed by atoms with Gasteiger partial charge in [0.15, 0.2) is 11.5 Å². The van der Waals surface area contributed by atoms with Crippen molar-refractivity contribution in [3.8, 4) is 11.5 Å². The standard InChI is InChI=1S/C19H26N6O/c1-4-15-13(2)21-17-10-16(18-20-7-9-23(18)3)22-25(17)19(15)24-8-5-6-14(11-24)12-26/h7,9-10,14,26H,4-6,8,11-12H2,1-3H3/t14-/m1/s1. The van der Waals surface area contributed by atoms with Gasteiger partial charge in [0.25, 0.3) is 0 Å². The molecule has 138 valence electrons. The van der Waals surface area contributed by atoms with Gasteiger partial charge in [0.1, 0.15) is 11.5 Å². The van der Waals surface area contributed by atoms with Gasteiger partial charge in [0, 0.05) is 56.5 Å². The van der Waals surface area contributed by atoms with E-state index in [9.17, 15) is 5.11 Å². The number of rotatable bonds is 4. The predicted molar refractivity (Wildman–Crippen MR) is 101 cm³/mol. The molecule has 0 amide bonds. The lowest BCUT2D eigenvalue weighted by molar-refractivity contribution is 0.208. The molecule has 4 heterocycles. The highest BCUT2D eigenvalue weighted by Gasteiger charge is 2.25. The van der Waals surface area contributed by atoms with Gasteiger partial charge in [-0.2, -0.15) is 9.61 Å². The SMILES string of the molecule is CCc1c(C)nc2cc(-c3nccn3C)nn2c1N1CCC[C@@H](CO)C1. The molecule has 3 aromatic rings. The average Bonchev–Trinajstić information content (AvgIpc) is 3.26. The summed E-state index contributed by atoms with van der Waals surface area (Å²) in [7, 11) is 1.97. The zero-order chi connectivity index (χ0) is 18.3. The van der Waals surface area contributed by atoms with E-state index in [1.165, 1.54) is 5.56 Å². The van der Waals surface area contributed by atoms with Crippen LogP contribution in [0.3, 0.4) is 0 Å². The number of aliphatic hydroxyl groups is 1. The Morgan fingerprint density at radius 2 is 2.19 bits per heavy atom. The van der Waals surface area contributed by atoms with E-state index in [4.69, 9.17) is 10.1 Å². The van der Waals surface area contributed by atoms with Gasteiger partial charge in [0.2, 0.25) is 0 Å². The van der Waals surface area contributed by atoms with Crippen LogP contribution < -0.4 is 4.90 Å². The Bertz CT molecular complexity index is 928. The molecular formula is C19H26N6O. The number of fused-ring (bicyclic) bond motifs is 1. The molecule has 7 nitrogen and oxygen atoms in total. The highest BCUT2D eigenvalue weighted by molar-refractivity contribution is 5.64. The van der Waals surface area contributed by atoms with Crippen molar-refractivity contribution in [3.63, 3.8) is 0 Å². The fraction of sp³-hybridized carbons (Fsp3) is 0.526.